The molecule has 0 saturated heterocycles. The molecular weight excluding hydrogens is 254 g/mol. The van der Waals surface area contributed by atoms with Gasteiger partial charge in [0, 0.05) is 27.9 Å². The molecule has 0 bridgehead atoms. The van der Waals surface area contributed by atoms with Gasteiger partial charge in [0.15, 0.2) is 0 Å². The fourth-order valence-corrected chi connectivity index (χ4v) is 3.07. The average Bonchev–Trinajstić information content (AvgIpc) is 2.83. The lowest BCUT2D eigenvalue weighted by molar-refractivity contribution is 0.165. The first-order valence-corrected chi connectivity index (χ1v) is 6.75. The second-order valence-corrected chi connectivity index (χ2v) is 5.56. The van der Waals surface area contributed by atoms with Gasteiger partial charge in [0.1, 0.15) is 11.9 Å². The van der Waals surface area contributed by atoms with Crippen molar-refractivity contribution in [2.24, 2.45) is 5.73 Å². The highest BCUT2D eigenvalue weighted by Gasteiger charge is 2.27. The number of fused-ring (bicyclic) bond motifs is 1. The highest BCUT2D eigenvalue weighted by atomic mass is 35.5. The van der Waals surface area contributed by atoms with Crippen molar-refractivity contribution >= 4 is 22.9 Å². The Morgan fingerprint density at radius 3 is 3.00 bits per heavy atom. The molecule has 2 N–H and O–H groups in total. The number of nitrogens with two attached hydrogens (primary N) is 1. The van der Waals surface area contributed by atoms with Crippen LogP contribution in [0.25, 0.3) is 0 Å². The van der Waals surface area contributed by atoms with Gasteiger partial charge in [-0.3, -0.25) is 0 Å². The molecule has 2 unspecified atom stereocenters. The minimum absolute atomic E-state index is 0.00968. The molecule has 2 heterocycles. The minimum Gasteiger partial charge on any atom is -0.484 e. The van der Waals surface area contributed by atoms with Crippen LogP contribution >= 0.6 is 22.9 Å². The number of thiophene rings is 1. The SMILES string of the molecule is NC1CC(c2cccs2)Oc2ccc(Cl)cc21. The summed E-state index contributed by atoms with van der Waals surface area (Å²) in [6, 6.07) is 9.74. The molecule has 0 fully saturated rings. The summed E-state index contributed by atoms with van der Waals surface area (Å²) in [7, 11) is 0. The van der Waals surface area contributed by atoms with Crippen molar-refractivity contribution in [2.75, 3.05) is 0 Å². The highest BCUT2D eigenvalue weighted by molar-refractivity contribution is 7.10. The normalized spacial score (nSPS) is 22.9. The van der Waals surface area contributed by atoms with Gasteiger partial charge in [-0.2, -0.15) is 0 Å². The zero-order chi connectivity index (χ0) is 11.8. The predicted molar refractivity (Wildman–Crippen MR) is 70.7 cm³/mol. The van der Waals surface area contributed by atoms with Crippen LogP contribution in [0, 0.1) is 0 Å². The third-order valence-electron chi connectivity index (χ3n) is 2.97. The number of rotatable bonds is 1. The van der Waals surface area contributed by atoms with Crippen molar-refractivity contribution in [3.63, 3.8) is 0 Å². The van der Waals surface area contributed by atoms with Crippen LogP contribution < -0.4 is 10.5 Å². The summed E-state index contributed by atoms with van der Waals surface area (Å²) in [5.74, 6) is 0.853. The monoisotopic (exact) mass is 265 g/mol. The molecule has 3 rings (SSSR count). The maximum absolute atomic E-state index is 6.18. The summed E-state index contributed by atoms with van der Waals surface area (Å²) in [4.78, 5) is 1.22. The summed E-state index contributed by atoms with van der Waals surface area (Å²) in [5, 5.41) is 2.76. The van der Waals surface area contributed by atoms with E-state index >= 15 is 0 Å². The van der Waals surface area contributed by atoms with Gasteiger partial charge in [0.2, 0.25) is 0 Å². The van der Waals surface area contributed by atoms with Crippen LogP contribution in [0.5, 0.6) is 5.75 Å². The summed E-state index contributed by atoms with van der Waals surface area (Å²) in [6.07, 6.45) is 0.868. The molecule has 0 amide bonds. The van der Waals surface area contributed by atoms with Crippen molar-refractivity contribution in [1.29, 1.82) is 0 Å². The van der Waals surface area contributed by atoms with E-state index in [1.807, 2.05) is 24.3 Å². The molecule has 2 atom stereocenters. The van der Waals surface area contributed by atoms with E-state index in [1.165, 1.54) is 4.88 Å². The van der Waals surface area contributed by atoms with Gasteiger partial charge < -0.3 is 10.5 Å². The van der Waals surface area contributed by atoms with Crippen molar-refractivity contribution in [3.8, 4) is 5.75 Å². The van der Waals surface area contributed by atoms with E-state index in [9.17, 15) is 0 Å². The van der Waals surface area contributed by atoms with Crippen molar-refractivity contribution < 1.29 is 4.74 Å². The Morgan fingerprint density at radius 2 is 2.24 bits per heavy atom. The Bertz CT molecular complexity index is 526. The molecule has 0 radical (unpaired) electrons. The molecule has 88 valence electrons. The van der Waals surface area contributed by atoms with Crippen LogP contribution in [-0.4, -0.2) is 0 Å². The topological polar surface area (TPSA) is 35.2 Å². The molecule has 0 saturated carbocycles. The Balaban J connectivity index is 1.96. The molecule has 1 aromatic heterocycles. The molecule has 2 nitrogen and oxygen atoms in total. The van der Waals surface area contributed by atoms with Gasteiger partial charge in [0.05, 0.1) is 0 Å². The number of hydrogen-bond donors (Lipinski definition) is 1. The first-order valence-electron chi connectivity index (χ1n) is 5.49. The fraction of sp³-hybridized carbons (Fsp3) is 0.231. The first-order chi connectivity index (χ1) is 8.24. The maximum Gasteiger partial charge on any atom is 0.135 e. The second-order valence-electron chi connectivity index (χ2n) is 4.15. The average molecular weight is 266 g/mol. The van der Waals surface area contributed by atoms with E-state index in [0.29, 0.717) is 5.02 Å². The first kappa shape index (κ1) is 11.1. The summed E-state index contributed by atoms with van der Waals surface area (Å²) in [5.41, 5.74) is 7.18. The number of hydrogen-bond acceptors (Lipinski definition) is 3. The van der Waals surface area contributed by atoms with E-state index in [2.05, 4.69) is 11.4 Å². The van der Waals surface area contributed by atoms with Crippen LogP contribution in [-0.2, 0) is 0 Å². The Hall–Kier alpha value is -1.03. The Labute approximate surface area is 109 Å². The van der Waals surface area contributed by atoms with E-state index in [4.69, 9.17) is 22.1 Å². The van der Waals surface area contributed by atoms with Crippen molar-refractivity contribution in [1.82, 2.24) is 0 Å². The van der Waals surface area contributed by atoms with Crippen LogP contribution in [0.3, 0.4) is 0 Å². The quantitative estimate of drug-likeness (QED) is 0.848. The third-order valence-corrected chi connectivity index (χ3v) is 4.17. The van der Waals surface area contributed by atoms with Crippen molar-refractivity contribution in [2.45, 2.75) is 18.6 Å². The van der Waals surface area contributed by atoms with Crippen molar-refractivity contribution in [3.05, 3.63) is 51.2 Å². The van der Waals surface area contributed by atoms with E-state index in [1.54, 1.807) is 11.3 Å². The maximum atomic E-state index is 6.18. The summed E-state index contributed by atoms with van der Waals surface area (Å²) >= 11 is 7.67. The van der Waals surface area contributed by atoms with Gasteiger partial charge in [0.25, 0.3) is 0 Å². The van der Waals surface area contributed by atoms with Gasteiger partial charge in [-0.25, -0.2) is 0 Å². The number of benzene rings is 1. The predicted octanol–water partition coefficient (Wildman–Crippen LogP) is 3.93. The number of ether oxygens (including phenoxy) is 1. The Kier molecular flexibility index (Phi) is 2.82. The molecular formula is C13H12ClNOS. The van der Waals surface area contributed by atoms with E-state index in [0.717, 1.165) is 17.7 Å². The standard InChI is InChI=1S/C13H12ClNOS/c14-8-3-4-11-9(6-8)10(15)7-12(16-11)13-2-1-5-17-13/h1-6,10,12H,7,15H2. The molecule has 1 aliphatic rings. The van der Waals surface area contributed by atoms with Gasteiger partial charge in [-0.1, -0.05) is 17.7 Å². The third kappa shape index (κ3) is 2.06. The number of halogens is 1. The van der Waals surface area contributed by atoms with Crippen LogP contribution in [0.4, 0.5) is 0 Å². The smallest absolute Gasteiger partial charge is 0.135 e. The highest BCUT2D eigenvalue weighted by Crippen LogP contribution is 2.41. The molecule has 4 heteroatoms. The van der Waals surface area contributed by atoms with Crippen LogP contribution in [0.2, 0.25) is 5.02 Å². The second kappa shape index (κ2) is 4.33. The minimum atomic E-state index is -0.00968. The zero-order valence-corrected chi connectivity index (χ0v) is 10.7. The molecule has 17 heavy (non-hydrogen) atoms. The Morgan fingerprint density at radius 1 is 1.35 bits per heavy atom. The van der Waals surface area contributed by atoms with E-state index < -0.39 is 0 Å². The molecule has 1 aromatic carbocycles. The van der Waals surface area contributed by atoms with Gasteiger partial charge >= 0.3 is 0 Å². The summed E-state index contributed by atoms with van der Waals surface area (Å²) in [6.45, 7) is 0. The lowest BCUT2D eigenvalue weighted by atomic mass is 9.97. The molecule has 0 spiro atoms. The van der Waals surface area contributed by atoms with Crippen LogP contribution in [0.15, 0.2) is 35.7 Å². The summed E-state index contributed by atoms with van der Waals surface area (Å²) < 4.78 is 5.97. The molecule has 1 aliphatic heterocycles. The van der Waals surface area contributed by atoms with Gasteiger partial charge in [-0.15, -0.1) is 11.3 Å². The lowest BCUT2D eigenvalue weighted by Gasteiger charge is -2.29. The largest absolute Gasteiger partial charge is 0.484 e. The molecule has 0 aliphatic carbocycles. The van der Waals surface area contributed by atoms with E-state index in [-0.39, 0.29) is 12.1 Å². The zero-order valence-electron chi connectivity index (χ0n) is 9.10. The lowest BCUT2D eigenvalue weighted by Crippen LogP contribution is -2.23. The van der Waals surface area contributed by atoms with Crippen LogP contribution in [0.1, 0.15) is 29.0 Å². The molecule has 2 aromatic rings. The fourth-order valence-electron chi connectivity index (χ4n) is 2.12. The van der Waals surface area contributed by atoms with Gasteiger partial charge in [-0.05, 0) is 29.6 Å².